The number of rotatable bonds is 5. The van der Waals surface area contributed by atoms with Gasteiger partial charge in [-0.2, -0.15) is 13.2 Å². The maximum Gasteiger partial charge on any atom is 0.405 e. The van der Waals surface area contributed by atoms with Gasteiger partial charge in [-0.1, -0.05) is 0 Å². The fourth-order valence-corrected chi connectivity index (χ4v) is 3.58. The van der Waals surface area contributed by atoms with Gasteiger partial charge in [0.25, 0.3) is 15.9 Å². The Morgan fingerprint density at radius 2 is 1.88 bits per heavy atom. The van der Waals surface area contributed by atoms with E-state index < -0.39 is 28.7 Å². The van der Waals surface area contributed by atoms with Gasteiger partial charge in [0.2, 0.25) is 0 Å². The summed E-state index contributed by atoms with van der Waals surface area (Å²) in [5.74, 6) is -0.945. The number of anilines is 1. The fourth-order valence-electron chi connectivity index (χ4n) is 1.64. The highest BCUT2D eigenvalue weighted by Gasteiger charge is 2.28. The topological polar surface area (TPSA) is 88.2 Å². The molecule has 0 aliphatic heterocycles. The number of thiazole rings is 1. The first-order valence-electron chi connectivity index (χ1n) is 6.47. The number of carbonyl (C=O) groups excluding carboxylic acids is 1. The number of aromatic nitrogens is 1. The van der Waals surface area contributed by atoms with Gasteiger partial charge in [0.1, 0.15) is 6.54 Å². The van der Waals surface area contributed by atoms with E-state index in [-0.39, 0.29) is 15.6 Å². The van der Waals surface area contributed by atoms with Crippen LogP contribution in [-0.2, 0) is 10.0 Å². The molecule has 11 heteroatoms. The van der Waals surface area contributed by atoms with Crippen LogP contribution in [0.15, 0.2) is 34.5 Å². The van der Waals surface area contributed by atoms with E-state index in [1.54, 1.807) is 17.6 Å². The van der Waals surface area contributed by atoms with Gasteiger partial charge in [-0.25, -0.2) is 13.4 Å². The van der Waals surface area contributed by atoms with Crippen molar-refractivity contribution >= 4 is 32.4 Å². The fraction of sp³-hybridized carbons (Fsp3) is 0.231. The third-order valence-electron chi connectivity index (χ3n) is 2.72. The molecule has 0 aliphatic rings. The maximum atomic E-state index is 12.2. The van der Waals surface area contributed by atoms with Crippen LogP contribution in [0.25, 0.3) is 0 Å². The predicted molar refractivity (Wildman–Crippen MR) is 82.5 cm³/mol. The van der Waals surface area contributed by atoms with Gasteiger partial charge in [0.05, 0.1) is 10.6 Å². The Balaban J connectivity index is 2.09. The second-order valence-corrected chi connectivity index (χ2v) is 7.26. The zero-order chi connectivity index (χ0) is 18.0. The number of amides is 1. The molecule has 0 fully saturated rings. The van der Waals surface area contributed by atoms with Crippen LogP contribution >= 0.6 is 11.3 Å². The molecule has 1 amide bonds. The van der Waals surface area contributed by atoms with Crippen LogP contribution in [0.5, 0.6) is 0 Å². The van der Waals surface area contributed by atoms with Crippen LogP contribution in [0.1, 0.15) is 16.1 Å². The van der Waals surface area contributed by atoms with E-state index in [1.807, 2.05) is 0 Å². The lowest BCUT2D eigenvalue weighted by molar-refractivity contribution is -0.123. The monoisotopic (exact) mass is 379 g/mol. The molecule has 6 nitrogen and oxygen atoms in total. The standard InChI is InChI=1S/C13H12F3N3O3S2/c1-8-6-23-12(18-8)19-24(21,22)10-4-2-9(3-5-10)11(20)17-7-13(14,15)16/h2-6H,7H2,1H3,(H,17,20)(H,18,19). The molecule has 0 spiro atoms. The minimum Gasteiger partial charge on any atom is -0.343 e. The first-order valence-corrected chi connectivity index (χ1v) is 8.83. The Morgan fingerprint density at radius 3 is 2.38 bits per heavy atom. The van der Waals surface area contributed by atoms with E-state index in [2.05, 4.69) is 9.71 Å². The van der Waals surface area contributed by atoms with Gasteiger partial charge < -0.3 is 5.32 Å². The average Bonchev–Trinajstić information content (AvgIpc) is 2.88. The number of carbonyl (C=O) groups is 1. The van der Waals surface area contributed by atoms with E-state index in [1.165, 1.54) is 0 Å². The zero-order valence-corrected chi connectivity index (χ0v) is 13.8. The minimum atomic E-state index is -4.52. The summed E-state index contributed by atoms with van der Waals surface area (Å²) in [4.78, 5) is 15.4. The lowest BCUT2D eigenvalue weighted by Crippen LogP contribution is -2.33. The average molecular weight is 379 g/mol. The number of hydrogen-bond donors (Lipinski definition) is 2. The van der Waals surface area contributed by atoms with E-state index >= 15 is 0 Å². The third kappa shape index (κ3) is 4.93. The summed E-state index contributed by atoms with van der Waals surface area (Å²) in [5.41, 5.74) is 0.581. The van der Waals surface area contributed by atoms with Crippen LogP contribution in [0, 0.1) is 6.92 Å². The molecule has 0 saturated heterocycles. The summed E-state index contributed by atoms with van der Waals surface area (Å²) < 4.78 is 62.8. The van der Waals surface area contributed by atoms with Crippen molar-refractivity contribution in [3.63, 3.8) is 0 Å². The lowest BCUT2D eigenvalue weighted by Gasteiger charge is -2.09. The molecule has 0 unspecified atom stereocenters. The number of sulfonamides is 1. The van der Waals surface area contributed by atoms with Gasteiger partial charge >= 0.3 is 6.18 Å². The normalized spacial score (nSPS) is 12.0. The number of halogens is 3. The molecular weight excluding hydrogens is 367 g/mol. The van der Waals surface area contributed by atoms with E-state index in [0.717, 1.165) is 35.6 Å². The molecule has 2 N–H and O–H groups in total. The molecule has 1 aromatic carbocycles. The molecule has 0 bridgehead atoms. The molecular formula is C13H12F3N3O3S2. The molecule has 0 saturated carbocycles. The molecule has 2 aromatic rings. The van der Waals surface area contributed by atoms with Crippen molar-refractivity contribution < 1.29 is 26.4 Å². The first kappa shape index (κ1) is 18.2. The first-order chi connectivity index (χ1) is 11.1. The lowest BCUT2D eigenvalue weighted by atomic mass is 10.2. The summed E-state index contributed by atoms with van der Waals surface area (Å²) in [6.45, 7) is 0.249. The number of aryl methyl sites for hydroxylation is 1. The highest BCUT2D eigenvalue weighted by Crippen LogP contribution is 2.20. The van der Waals surface area contributed by atoms with Crippen LogP contribution < -0.4 is 10.0 Å². The van der Waals surface area contributed by atoms with Crippen LogP contribution in [0.2, 0.25) is 0 Å². The van der Waals surface area contributed by atoms with E-state index in [9.17, 15) is 26.4 Å². The van der Waals surface area contributed by atoms with E-state index in [0.29, 0.717) is 5.69 Å². The highest BCUT2D eigenvalue weighted by atomic mass is 32.2. The van der Waals surface area contributed by atoms with Crippen molar-refractivity contribution in [2.45, 2.75) is 18.0 Å². The van der Waals surface area contributed by atoms with Crippen LogP contribution in [-0.4, -0.2) is 32.0 Å². The number of benzene rings is 1. The van der Waals surface area contributed by atoms with Gasteiger partial charge in [0.15, 0.2) is 5.13 Å². The van der Waals surface area contributed by atoms with Crippen LogP contribution in [0.3, 0.4) is 0 Å². The molecule has 1 heterocycles. The smallest absolute Gasteiger partial charge is 0.343 e. The van der Waals surface area contributed by atoms with Gasteiger partial charge in [-0.05, 0) is 31.2 Å². The predicted octanol–water partition coefficient (Wildman–Crippen LogP) is 2.54. The molecule has 0 radical (unpaired) electrons. The Kier molecular flexibility index (Phi) is 5.13. The summed E-state index contributed by atoms with van der Waals surface area (Å²) in [5, 5.41) is 3.57. The molecule has 2 rings (SSSR count). The van der Waals surface area contributed by atoms with Gasteiger partial charge in [-0.15, -0.1) is 11.3 Å². The number of nitrogens with zero attached hydrogens (tertiary/aromatic N) is 1. The van der Waals surface area contributed by atoms with Gasteiger partial charge in [-0.3, -0.25) is 9.52 Å². The number of nitrogens with one attached hydrogen (secondary N) is 2. The molecule has 0 aliphatic carbocycles. The van der Waals surface area contributed by atoms with Gasteiger partial charge in [0, 0.05) is 10.9 Å². The minimum absolute atomic E-state index is 0.0803. The zero-order valence-electron chi connectivity index (χ0n) is 12.2. The Labute approximate surface area is 139 Å². The van der Waals surface area contributed by atoms with Crippen molar-refractivity contribution in [2.24, 2.45) is 0 Å². The second-order valence-electron chi connectivity index (χ2n) is 4.72. The van der Waals surface area contributed by atoms with Crippen LogP contribution in [0.4, 0.5) is 18.3 Å². The summed E-state index contributed by atoms with van der Waals surface area (Å²) in [6, 6.07) is 4.53. The van der Waals surface area contributed by atoms with Crippen molar-refractivity contribution in [1.82, 2.24) is 10.3 Å². The molecule has 24 heavy (non-hydrogen) atoms. The second kappa shape index (κ2) is 6.77. The van der Waals surface area contributed by atoms with Crippen molar-refractivity contribution in [3.8, 4) is 0 Å². The van der Waals surface area contributed by atoms with Crippen molar-refractivity contribution in [3.05, 3.63) is 40.9 Å². The maximum absolute atomic E-state index is 12.2. The Bertz CT molecular complexity index is 830. The van der Waals surface area contributed by atoms with Crippen molar-refractivity contribution in [1.29, 1.82) is 0 Å². The van der Waals surface area contributed by atoms with E-state index in [4.69, 9.17) is 0 Å². The van der Waals surface area contributed by atoms with Crippen molar-refractivity contribution in [2.75, 3.05) is 11.3 Å². The number of alkyl halides is 3. The quantitative estimate of drug-likeness (QED) is 0.836. The molecule has 0 atom stereocenters. The summed E-state index contributed by atoms with van der Waals surface area (Å²) in [7, 11) is -3.89. The Hall–Kier alpha value is -2.14. The Morgan fingerprint density at radius 1 is 1.25 bits per heavy atom. The molecule has 130 valence electrons. The summed E-state index contributed by atoms with van der Waals surface area (Å²) in [6.07, 6.45) is -4.52. The highest BCUT2D eigenvalue weighted by molar-refractivity contribution is 7.93. The third-order valence-corrected chi connectivity index (χ3v) is 5.08. The summed E-state index contributed by atoms with van der Waals surface area (Å²) >= 11 is 1.12. The molecule has 1 aromatic heterocycles. The largest absolute Gasteiger partial charge is 0.405 e. The number of hydrogen-bond acceptors (Lipinski definition) is 5. The SMILES string of the molecule is Cc1csc(NS(=O)(=O)c2ccc(C(=O)NCC(F)(F)F)cc2)n1.